The summed E-state index contributed by atoms with van der Waals surface area (Å²) >= 11 is 0. The first-order valence-corrected chi connectivity index (χ1v) is 16.7. The minimum atomic E-state index is -0.711. The van der Waals surface area contributed by atoms with Crippen LogP contribution in [0, 0.1) is 17.6 Å². The van der Waals surface area contributed by atoms with E-state index in [1.165, 1.54) is 76.6 Å². The summed E-state index contributed by atoms with van der Waals surface area (Å²) in [6, 6.07) is 4.00. The Morgan fingerprint density at radius 3 is 2.11 bits per heavy atom. The number of hydrogen-bond donors (Lipinski definition) is 2. The molecule has 9 nitrogen and oxygen atoms in total. The number of piperidine rings is 1. The van der Waals surface area contributed by atoms with Crippen LogP contribution in [0.4, 0.5) is 26.4 Å². The molecular weight excluding hydrogens is 562 g/mol. The summed E-state index contributed by atoms with van der Waals surface area (Å²) < 4.78 is 29.8. The molecule has 0 spiro atoms. The average Bonchev–Trinajstić information content (AvgIpc) is 3.72. The Bertz CT molecular complexity index is 1390. The molecule has 2 aliphatic heterocycles. The molecule has 4 aliphatic rings. The number of amides is 1. The van der Waals surface area contributed by atoms with Crippen LogP contribution in [-0.4, -0.2) is 67.4 Å². The number of nitrogens with two attached hydrogens (primary N) is 1. The highest BCUT2D eigenvalue weighted by atomic mass is 19.1. The van der Waals surface area contributed by atoms with Crippen molar-refractivity contribution in [3.63, 3.8) is 0 Å². The van der Waals surface area contributed by atoms with Crippen LogP contribution < -0.4 is 11.1 Å². The third kappa shape index (κ3) is 7.14. The normalized spacial score (nSPS) is 23.4. The third-order valence-corrected chi connectivity index (χ3v) is 9.97. The fourth-order valence-corrected chi connectivity index (χ4v) is 7.51. The first-order valence-electron chi connectivity index (χ1n) is 16.7. The summed E-state index contributed by atoms with van der Waals surface area (Å²) in [5.74, 6) is -0.559. The van der Waals surface area contributed by atoms with Crippen molar-refractivity contribution in [1.29, 1.82) is 0 Å². The largest absolute Gasteiger partial charge is 0.368 e. The molecule has 2 aliphatic carbocycles. The Kier molecular flexibility index (Phi) is 9.88. The molecule has 4 fully saturated rings. The summed E-state index contributed by atoms with van der Waals surface area (Å²) in [6.45, 7) is 4.10. The quantitative estimate of drug-likeness (QED) is 0.337. The van der Waals surface area contributed by atoms with Gasteiger partial charge in [0.2, 0.25) is 17.8 Å². The van der Waals surface area contributed by atoms with Crippen molar-refractivity contribution >= 4 is 34.7 Å². The predicted octanol–water partition coefficient (Wildman–Crippen LogP) is 6.59. The first kappa shape index (κ1) is 30.7. The van der Waals surface area contributed by atoms with Gasteiger partial charge in [0.15, 0.2) is 5.65 Å². The van der Waals surface area contributed by atoms with E-state index in [2.05, 4.69) is 30.1 Å². The number of imidazole rings is 1. The Morgan fingerprint density at radius 2 is 1.48 bits per heavy atom. The highest BCUT2D eigenvalue weighted by Crippen LogP contribution is 2.38. The van der Waals surface area contributed by atoms with Gasteiger partial charge >= 0.3 is 0 Å². The smallest absolute Gasteiger partial charge is 0.225 e. The molecule has 2 saturated carbocycles. The van der Waals surface area contributed by atoms with Crippen molar-refractivity contribution in [2.24, 2.45) is 5.92 Å². The van der Waals surface area contributed by atoms with Crippen LogP contribution in [0.15, 0.2) is 24.4 Å². The number of hydrogen-bond acceptors (Lipinski definition) is 7. The van der Waals surface area contributed by atoms with E-state index in [9.17, 15) is 13.6 Å². The topological polar surface area (TPSA) is 105 Å². The van der Waals surface area contributed by atoms with Crippen molar-refractivity contribution in [2.45, 2.75) is 102 Å². The Labute approximate surface area is 258 Å². The first-order chi connectivity index (χ1) is 21.5. The number of benzene rings is 1. The molecule has 11 heteroatoms. The lowest BCUT2D eigenvalue weighted by molar-refractivity contribution is -0.138. The predicted molar refractivity (Wildman–Crippen MR) is 168 cm³/mol. The third-order valence-electron chi connectivity index (χ3n) is 9.97. The number of fused-ring (bicyclic) bond motifs is 1. The van der Waals surface area contributed by atoms with E-state index < -0.39 is 11.6 Å². The molecular formula is C33H46F2N8O. The number of halogens is 2. The summed E-state index contributed by atoms with van der Waals surface area (Å²) in [4.78, 5) is 31.1. The number of nitrogen functional groups attached to an aromatic ring is 1. The Hall–Kier alpha value is -3.34. The van der Waals surface area contributed by atoms with Crippen LogP contribution in [0.3, 0.4) is 0 Å². The molecule has 1 aromatic carbocycles. The molecule has 44 heavy (non-hydrogen) atoms. The fourth-order valence-electron chi connectivity index (χ4n) is 7.51. The number of likely N-dealkylation sites (tertiary alicyclic amines) is 2. The van der Waals surface area contributed by atoms with E-state index >= 15 is 0 Å². The Balaban J connectivity index is 0.000000513. The van der Waals surface area contributed by atoms with Crippen LogP contribution in [-0.2, 0) is 4.79 Å². The zero-order chi connectivity index (χ0) is 30.5. The highest BCUT2D eigenvalue weighted by Gasteiger charge is 2.35. The van der Waals surface area contributed by atoms with Gasteiger partial charge in [-0.2, -0.15) is 4.98 Å². The summed E-state index contributed by atoms with van der Waals surface area (Å²) in [6.07, 6.45) is 18.3. The van der Waals surface area contributed by atoms with Gasteiger partial charge in [-0.1, -0.05) is 38.5 Å². The molecule has 7 rings (SSSR count). The van der Waals surface area contributed by atoms with Gasteiger partial charge < -0.3 is 20.9 Å². The van der Waals surface area contributed by atoms with Gasteiger partial charge in [-0.25, -0.2) is 18.7 Å². The molecule has 0 bridgehead atoms. The van der Waals surface area contributed by atoms with Gasteiger partial charge in [-0.3, -0.25) is 9.36 Å². The minimum absolute atomic E-state index is 0.00487. The van der Waals surface area contributed by atoms with Gasteiger partial charge in [-0.05, 0) is 76.6 Å². The highest BCUT2D eigenvalue weighted by molar-refractivity contribution is 5.79. The SMILES string of the molecule is C1CCCCC1.Nc1ncc2nc(Nc3ccc(F)cc3F)n(C3CCC(C(=O)N4CCC(N5CCCC5)CC4)CC3)c2n1. The van der Waals surface area contributed by atoms with Crippen LogP contribution in [0.1, 0.15) is 95.9 Å². The second-order valence-electron chi connectivity index (χ2n) is 12.9. The molecule has 0 unspecified atom stereocenters. The lowest BCUT2D eigenvalue weighted by Gasteiger charge is -2.39. The van der Waals surface area contributed by atoms with Gasteiger partial charge in [0.1, 0.15) is 17.2 Å². The van der Waals surface area contributed by atoms with Crippen LogP contribution in [0.25, 0.3) is 11.2 Å². The van der Waals surface area contributed by atoms with Crippen molar-refractivity contribution in [3.8, 4) is 0 Å². The number of anilines is 3. The van der Waals surface area contributed by atoms with Gasteiger partial charge in [0, 0.05) is 37.2 Å². The van der Waals surface area contributed by atoms with Gasteiger partial charge in [0.25, 0.3) is 0 Å². The maximum atomic E-state index is 14.4. The lowest BCUT2D eigenvalue weighted by Crippen LogP contribution is -2.48. The molecule has 2 aromatic heterocycles. The summed E-state index contributed by atoms with van der Waals surface area (Å²) in [5, 5.41) is 3.01. The van der Waals surface area contributed by atoms with E-state index in [0.717, 1.165) is 57.7 Å². The fraction of sp³-hybridized carbons (Fsp3) is 0.636. The maximum Gasteiger partial charge on any atom is 0.225 e. The lowest BCUT2D eigenvalue weighted by atomic mass is 9.84. The summed E-state index contributed by atoms with van der Waals surface area (Å²) in [7, 11) is 0. The van der Waals surface area contributed by atoms with Crippen molar-refractivity contribution < 1.29 is 13.6 Å². The summed E-state index contributed by atoms with van der Waals surface area (Å²) in [5.41, 5.74) is 7.08. The molecule has 3 N–H and O–H groups in total. The van der Waals surface area contributed by atoms with Crippen molar-refractivity contribution in [3.05, 3.63) is 36.0 Å². The number of aromatic nitrogens is 4. The number of nitrogens with zero attached hydrogens (tertiary/aromatic N) is 6. The molecule has 2 saturated heterocycles. The second-order valence-corrected chi connectivity index (χ2v) is 12.9. The van der Waals surface area contributed by atoms with E-state index in [1.807, 2.05) is 4.57 Å². The van der Waals surface area contributed by atoms with Crippen molar-refractivity contribution in [1.82, 2.24) is 29.3 Å². The number of rotatable bonds is 5. The molecule has 238 valence electrons. The van der Waals surface area contributed by atoms with E-state index in [1.54, 1.807) is 6.20 Å². The average molecular weight is 609 g/mol. The number of nitrogens with one attached hydrogen (secondary N) is 1. The molecule has 0 radical (unpaired) electrons. The maximum absolute atomic E-state index is 14.4. The molecule has 3 aromatic rings. The number of carbonyl (C=O) groups is 1. The van der Waals surface area contributed by atoms with Crippen LogP contribution in [0.2, 0.25) is 0 Å². The number of carbonyl (C=O) groups excluding carboxylic acids is 1. The van der Waals surface area contributed by atoms with Crippen LogP contribution >= 0.6 is 0 Å². The zero-order valence-corrected chi connectivity index (χ0v) is 25.7. The molecule has 0 atom stereocenters. The Morgan fingerprint density at radius 1 is 0.818 bits per heavy atom. The second kappa shape index (κ2) is 14.2. The zero-order valence-electron chi connectivity index (χ0n) is 25.7. The molecule has 4 heterocycles. The molecule has 1 amide bonds. The van der Waals surface area contributed by atoms with Gasteiger partial charge in [-0.15, -0.1) is 0 Å². The monoisotopic (exact) mass is 608 g/mol. The van der Waals surface area contributed by atoms with Crippen molar-refractivity contribution in [2.75, 3.05) is 37.2 Å². The van der Waals surface area contributed by atoms with Gasteiger partial charge in [0.05, 0.1) is 11.9 Å². The van der Waals surface area contributed by atoms with E-state index in [-0.39, 0.29) is 29.5 Å². The van der Waals surface area contributed by atoms with Crippen LogP contribution in [0.5, 0.6) is 0 Å². The minimum Gasteiger partial charge on any atom is -0.368 e. The van der Waals surface area contributed by atoms with E-state index in [4.69, 9.17) is 5.73 Å². The standard InChI is InChI=1S/C27H34F2N8O.C6H12/c28-18-5-8-22(21(29)15-18)32-27-33-23-16-31-26(30)34-24(23)37(27)20-6-3-17(4-7-20)25(38)36-13-9-19(10-14-36)35-11-1-2-12-35;1-2-4-6-5-3-1/h5,8,15-17,19-20H,1-4,6-7,9-14H2,(H,32,33)(H2,30,31,34);1-6H2. The van der Waals surface area contributed by atoms with E-state index in [0.29, 0.717) is 23.2 Å².